The maximum atomic E-state index is 13.8. The number of hydrogen-bond acceptors (Lipinski definition) is 33. The Morgan fingerprint density at radius 1 is 0.349 bits per heavy atom. The van der Waals surface area contributed by atoms with E-state index < -0.39 is 149 Å². The topological polar surface area (TPSA) is 617 Å². The van der Waals surface area contributed by atoms with Gasteiger partial charge in [-0.25, -0.2) is 0 Å². The summed E-state index contributed by atoms with van der Waals surface area (Å²) in [6.07, 6.45) is -18.4. The van der Waals surface area contributed by atoms with Crippen molar-refractivity contribution in [3.8, 4) is 0 Å². The summed E-state index contributed by atoms with van der Waals surface area (Å²) in [5, 5.41) is 140. The van der Waals surface area contributed by atoms with Crippen LogP contribution in [-0.2, 0) is 94.6 Å². The van der Waals surface area contributed by atoms with Crippen molar-refractivity contribution in [2.24, 2.45) is 0 Å². The second kappa shape index (κ2) is 54.6. The molecule has 0 aliphatic carbocycles. The molecule has 0 saturated carbocycles. The van der Waals surface area contributed by atoms with Crippen LogP contribution >= 0.6 is 7.82 Å². The maximum absolute atomic E-state index is 13.8. The number of carbonyl (C=O) groups is 8. The Kier molecular flexibility index (Phi) is 49.1. The van der Waals surface area contributed by atoms with Crippen LogP contribution in [0.2, 0.25) is 0 Å². The van der Waals surface area contributed by atoms with Crippen molar-refractivity contribution in [1.82, 2.24) is 42.5 Å². The quantitative estimate of drug-likeness (QED) is 0.0199. The first-order chi connectivity index (χ1) is 50.7. The summed E-state index contributed by atoms with van der Waals surface area (Å²) in [6, 6.07) is 0. The SMILES string of the molecule is COP(=O)([O-])OCCCCCCNC(=O)CCCC(=O)NC(COCCC(=O)NCCCNC(=O)CCCO[C@@H]1OC(CO)[C@@H](O)[C@H](O)C1O)(COCCC(=O)NCCCNC(=O)CCCO[C@@H]1OC(CO)[C@@H](O)[C@H](O)C1O)COCCC(=O)NCCCNC(=O)CCCO[C@@H]1OC(CO)[C@@H](O)[C@H](O)C1O. The standard InChI is InChI=1S/C64H117N8O33P/c1-95-106(93,94)102-31-5-3-2-4-21-65-44(76)13-6-14-51(83)72-64(38-96-32-18-48(80)69-25-10-22-66-45(77)15-7-28-99-61-58(90)55(87)52(84)41(35-73)103-61,39-97-33-19-49(81)70-26-11-23-67-46(78)16-8-29-100-62-59(91)56(88)53(85)42(36-74)104-62)40-98-34-20-50(82)71-27-12-24-68-47(79)17-9-30-101-63-60(92)57(89)54(86)43(37-75)105-63/h41-43,52-63,73-75,84-92H,2-40H2,1H3,(H,65,76)(H,66,77)(H,67,78)(H,68,79)(H,69,80)(H,70,81)(H,71,82)(H,72,83)(H,93,94)/p-1/t41?,42?,43?,52-,53-,54-,55+,56+,57+,58?,59?,60?,61-,62-,63-,64?/m1/s1. The Labute approximate surface area is 615 Å². The molecule has 0 aromatic carbocycles. The predicted octanol–water partition coefficient (Wildman–Crippen LogP) is -8.30. The molecular weight excluding hydrogens is 1440 g/mol. The number of aliphatic hydroxyl groups excluding tert-OH is 12. The zero-order chi connectivity index (χ0) is 78.3. The van der Waals surface area contributed by atoms with Crippen LogP contribution in [0.1, 0.15) is 122 Å². The minimum Gasteiger partial charge on any atom is -0.756 e. The van der Waals surface area contributed by atoms with Crippen LogP contribution in [0, 0.1) is 0 Å². The summed E-state index contributed by atoms with van der Waals surface area (Å²) >= 11 is 0. The van der Waals surface area contributed by atoms with Crippen LogP contribution in [-0.4, -0.2) is 345 Å². The lowest BCUT2D eigenvalue weighted by Gasteiger charge is -2.39. The number of phosphoric acid groups is 1. The van der Waals surface area contributed by atoms with E-state index in [1.807, 2.05) is 0 Å². The second-order valence-electron chi connectivity index (χ2n) is 25.5. The number of aliphatic hydroxyl groups is 12. The van der Waals surface area contributed by atoms with E-state index in [1.165, 1.54) is 0 Å². The second-order valence-corrected chi connectivity index (χ2v) is 27.0. The van der Waals surface area contributed by atoms with Crippen molar-refractivity contribution in [1.29, 1.82) is 0 Å². The van der Waals surface area contributed by atoms with E-state index in [-0.39, 0.29) is 206 Å². The van der Waals surface area contributed by atoms with Crippen LogP contribution in [0.5, 0.6) is 0 Å². The maximum Gasteiger partial charge on any atom is 0.267 e. The van der Waals surface area contributed by atoms with Gasteiger partial charge in [0.05, 0.1) is 85.9 Å². The molecule has 0 aromatic heterocycles. The summed E-state index contributed by atoms with van der Waals surface area (Å²) in [6.45, 7) is -2.35. The van der Waals surface area contributed by atoms with E-state index in [9.17, 15) is 109 Å². The number of unbranched alkanes of at least 4 members (excludes halogenated alkanes) is 3. The van der Waals surface area contributed by atoms with Gasteiger partial charge in [-0.2, -0.15) is 0 Å². The fraction of sp³-hybridized carbons (Fsp3) is 0.875. The number of ether oxygens (including phenoxy) is 9. The van der Waals surface area contributed by atoms with E-state index in [0.29, 0.717) is 51.5 Å². The van der Waals surface area contributed by atoms with Crippen molar-refractivity contribution in [3.05, 3.63) is 0 Å². The number of nitrogens with one attached hydrogen (secondary N) is 8. The molecule has 3 fully saturated rings. The average molecular weight is 1560 g/mol. The molecular formula is C64H116N8O33P-. The first-order valence-corrected chi connectivity index (χ1v) is 37.4. The van der Waals surface area contributed by atoms with Gasteiger partial charge in [0.25, 0.3) is 7.82 Å². The Bertz CT molecular complexity index is 2350. The third kappa shape index (κ3) is 39.1. The molecule has 3 rings (SSSR count). The summed E-state index contributed by atoms with van der Waals surface area (Å²) < 4.78 is 70.5. The molecule has 3 saturated heterocycles. The van der Waals surface area contributed by atoms with Crippen LogP contribution in [0.15, 0.2) is 0 Å². The number of carbonyl (C=O) groups excluding carboxylic acids is 8. The van der Waals surface area contributed by atoms with Gasteiger partial charge in [-0.1, -0.05) is 12.8 Å². The highest BCUT2D eigenvalue weighted by Gasteiger charge is 2.46. The fourth-order valence-corrected chi connectivity index (χ4v) is 11.0. The highest BCUT2D eigenvalue weighted by Crippen LogP contribution is 2.37. The lowest BCUT2D eigenvalue weighted by Crippen LogP contribution is -2.59. The molecule has 0 radical (unpaired) electrons. The molecule has 42 heteroatoms. The summed E-state index contributed by atoms with van der Waals surface area (Å²) in [7, 11) is -3.33. The Balaban J connectivity index is 1.57. The van der Waals surface area contributed by atoms with Crippen LogP contribution in [0.3, 0.4) is 0 Å². The van der Waals surface area contributed by atoms with E-state index in [2.05, 4.69) is 47.1 Å². The molecule has 3 aliphatic heterocycles. The van der Waals surface area contributed by atoms with Gasteiger partial charge in [0.15, 0.2) is 18.9 Å². The van der Waals surface area contributed by atoms with Gasteiger partial charge < -0.3 is 160 Å². The normalized spacial score (nSPS) is 25.6. The summed E-state index contributed by atoms with van der Waals surface area (Å²) in [4.78, 5) is 114. The van der Waals surface area contributed by atoms with Gasteiger partial charge in [-0.3, -0.25) is 42.9 Å². The minimum atomic E-state index is -4.33. The molecule has 106 heavy (non-hydrogen) atoms. The lowest BCUT2D eigenvalue weighted by atomic mass is 9.99. The van der Waals surface area contributed by atoms with Gasteiger partial charge in [0, 0.05) is 104 Å². The highest BCUT2D eigenvalue weighted by molar-refractivity contribution is 7.45. The number of rotatable bonds is 59. The molecule has 0 bridgehead atoms. The van der Waals surface area contributed by atoms with Gasteiger partial charge in [-0.05, 0) is 57.8 Å². The third-order valence-electron chi connectivity index (χ3n) is 16.7. The van der Waals surface area contributed by atoms with E-state index in [0.717, 1.165) is 7.11 Å². The largest absolute Gasteiger partial charge is 0.756 e. The summed E-state index contributed by atoms with van der Waals surface area (Å²) in [5.41, 5.74) is -1.54. The van der Waals surface area contributed by atoms with E-state index in [4.69, 9.17) is 47.2 Å². The molecule has 16 atom stereocenters. The average Bonchev–Trinajstić information content (AvgIpc) is 0.833. The predicted molar refractivity (Wildman–Crippen MR) is 362 cm³/mol. The molecule has 3 aliphatic rings. The Morgan fingerprint density at radius 3 is 0.943 bits per heavy atom. The monoisotopic (exact) mass is 1560 g/mol. The summed E-state index contributed by atoms with van der Waals surface area (Å²) in [5.74, 6) is -3.21. The van der Waals surface area contributed by atoms with Gasteiger partial charge in [0.2, 0.25) is 47.3 Å². The van der Waals surface area contributed by atoms with Crippen molar-refractivity contribution < 1.29 is 161 Å². The highest BCUT2D eigenvalue weighted by atomic mass is 31.2. The van der Waals surface area contributed by atoms with E-state index in [1.54, 1.807) is 0 Å². The van der Waals surface area contributed by atoms with Crippen molar-refractivity contribution >= 4 is 55.1 Å². The van der Waals surface area contributed by atoms with Crippen molar-refractivity contribution in [3.63, 3.8) is 0 Å². The van der Waals surface area contributed by atoms with E-state index >= 15 is 0 Å². The molecule has 8 amide bonds. The first-order valence-electron chi connectivity index (χ1n) is 35.9. The van der Waals surface area contributed by atoms with Crippen molar-refractivity contribution in [2.45, 2.75) is 220 Å². The number of hydrogen-bond donors (Lipinski definition) is 20. The Morgan fingerprint density at radius 2 is 0.632 bits per heavy atom. The van der Waals surface area contributed by atoms with Crippen LogP contribution in [0.4, 0.5) is 0 Å². The smallest absolute Gasteiger partial charge is 0.267 e. The van der Waals surface area contributed by atoms with Gasteiger partial charge in [0.1, 0.15) is 78.8 Å². The van der Waals surface area contributed by atoms with Crippen molar-refractivity contribution in [2.75, 3.05) is 139 Å². The van der Waals surface area contributed by atoms with Gasteiger partial charge in [-0.15, -0.1) is 0 Å². The minimum absolute atomic E-state index is 0.0159. The lowest BCUT2D eigenvalue weighted by molar-refractivity contribution is -0.301. The first kappa shape index (κ1) is 95.2. The van der Waals surface area contributed by atoms with Crippen LogP contribution in [0.25, 0.3) is 0 Å². The molecule has 0 spiro atoms. The Hall–Kier alpha value is -4.97. The fourth-order valence-electron chi connectivity index (χ4n) is 10.5. The molecule has 616 valence electrons. The molecule has 0 aromatic rings. The zero-order valence-electron chi connectivity index (χ0n) is 60.1. The van der Waals surface area contributed by atoms with Crippen LogP contribution < -0.4 is 47.4 Å². The number of amides is 8. The van der Waals surface area contributed by atoms with Gasteiger partial charge >= 0.3 is 0 Å². The zero-order valence-corrected chi connectivity index (χ0v) is 61.0. The third-order valence-corrected chi connectivity index (χ3v) is 17.6. The molecule has 20 N–H and O–H groups in total. The molecule has 7 unspecified atom stereocenters. The number of phosphoric ester groups is 1. The molecule has 41 nitrogen and oxygen atoms in total. The molecule has 3 heterocycles.